The van der Waals surface area contributed by atoms with Crippen molar-refractivity contribution in [2.45, 2.75) is 13.0 Å². The Hall–Kier alpha value is -2.11. The summed E-state index contributed by atoms with van der Waals surface area (Å²) in [6, 6.07) is 11.8. The molecular formula is C19H25ClNO4-. The summed E-state index contributed by atoms with van der Waals surface area (Å²) in [5.41, 5.74) is 2.21. The normalized spacial score (nSPS) is 9.92. The van der Waals surface area contributed by atoms with Gasteiger partial charge in [0.25, 0.3) is 0 Å². The zero-order chi connectivity index (χ0) is 17.4. The lowest BCUT2D eigenvalue weighted by atomic mass is 10.1. The van der Waals surface area contributed by atoms with Gasteiger partial charge < -0.3 is 36.7 Å². The standard InChI is InChI=1S/C19H25NO4.ClH/c1-21-16-8-6-5-7-14(16)9-10-20-13-15-11-18(23-3)19(24-4)12-17(15)22-2;/h5-8,11-12,20H,9-10,13H2,1-4H3;1H/p-1. The molecule has 0 saturated carbocycles. The van der Waals surface area contributed by atoms with Crippen molar-refractivity contribution in [2.75, 3.05) is 35.0 Å². The Labute approximate surface area is 155 Å². The minimum absolute atomic E-state index is 0. The topological polar surface area (TPSA) is 49.0 Å². The third-order valence-electron chi connectivity index (χ3n) is 3.87. The number of benzene rings is 2. The van der Waals surface area contributed by atoms with Gasteiger partial charge in [-0.05, 0) is 30.7 Å². The summed E-state index contributed by atoms with van der Waals surface area (Å²) >= 11 is 0. The fourth-order valence-corrected chi connectivity index (χ4v) is 2.59. The van der Waals surface area contributed by atoms with Crippen molar-refractivity contribution in [3.05, 3.63) is 47.5 Å². The van der Waals surface area contributed by atoms with Gasteiger partial charge in [0.2, 0.25) is 0 Å². The summed E-state index contributed by atoms with van der Waals surface area (Å²) in [6.07, 6.45) is 0.889. The smallest absolute Gasteiger partial charge is 0.164 e. The minimum atomic E-state index is 0. The van der Waals surface area contributed by atoms with Crippen LogP contribution >= 0.6 is 0 Å². The van der Waals surface area contributed by atoms with Gasteiger partial charge in [0.15, 0.2) is 11.5 Å². The monoisotopic (exact) mass is 366 g/mol. The Kier molecular flexibility index (Phi) is 8.95. The van der Waals surface area contributed by atoms with Crippen molar-refractivity contribution >= 4 is 0 Å². The predicted octanol–water partition coefficient (Wildman–Crippen LogP) is 0.0573. The van der Waals surface area contributed by atoms with E-state index in [1.54, 1.807) is 28.4 Å². The van der Waals surface area contributed by atoms with E-state index in [9.17, 15) is 0 Å². The van der Waals surface area contributed by atoms with Crippen molar-refractivity contribution in [2.24, 2.45) is 0 Å². The Balaban J connectivity index is 0.00000312. The quantitative estimate of drug-likeness (QED) is 0.636. The van der Waals surface area contributed by atoms with E-state index in [2.05, 4.69) is 11.4 Å². The van der Waals surface area contributed by atoms with Gasteiger partial charge >= 0.3 is 0 Å². The highest BCUT2D eigenvalue weighted by molar-refractivity contribution is 5.50. The molecule has 1 N–H and O–H groups in total. The molecule has 0 heterocycles. The molecule has 0 aliphatic heterocycles. The minimum Gasteiger partial charge on any atom is -1.00 e. The Bertz CT molecular complexity index is 664. The lowest BCUT2D eigenvalue weighted by molar-refractivity contribution is -0.00000609. The molecule has 0 aliphatic carbocycles. The third kappa shape index (κ3) is 5.44. The van der Waals surface area contributed by atoms with Gasteiger partial charge in [0.05, 0.1) is 28.4 Å². The van der Waals surface area contributed by atoms with E-state index < -0.39 is 0 Å². The SMILES string of the molecule is COc1ccccc1CCNCc1cc(OC)c(OC)cc1OC.[Cl-]. The zero-order valence-electron chi connectivity index (χ0n) is 15.1. The van der Waals surface area contributed by atoms with E-state index in [-0.39, 0.29) is 12.4 Å². The van der Waals surface area contributed by atoms with Gasteiger partial charge in [-0.2, -0.15) is 0 Å². The largest absolute Gasteiger partial charge is 1.00 e. The average molecular weight is 367 g/mol. The van der Waals surface area contributed by atoms with Crippen LogP contribution < -0.4 is 36.7 Å². The second-order valence-electron chi connectivity index (χ2n) is 5.26. The maximum absolute atomic E-state index is 5.44. The summed E-state index contributed by atoms with van der Waals surface area (Å²) in [4.78, 5) is 0. The molecule has 0 fully saturated rings. The first-order valence-corrected chi connectivity index (χ1v) is 7.85. The van der Waals surface area contributed by atoms with Crippen LogP contribution in [0.3, 0.4) is 0 Å². The maximum atomic E-state index is 5.44. The fourth-order valence-electron chi connectivity index (χ4n) is 2.59. The van der Waals surface area contributed by atoms with Gasteiger partial charge in [0.1, 0.15) is 11.5 Å². The van der Waals surface area contributed by atoms with E-state index in [4.69, 9.17) is 18.9 Å². The van der Waals surface area contributed by atoms with E-state index in [1.807, 2.05) is 30.3 Å². The van der Waals surface area contributed by atoms with Crippen molar-refractivity contribution < 1.29 is 31.4 Å². The van der Waals surface area contributed by atoms with Crippen LogP contribution in [0.1, 0.15) is 11.1 Å². The van der Waals surface area contributed by atoms with Gasteiger partial charge in [-0.15, -0.1) is 0 Å². The molecule has 0 aliphatic rings. The fraction of sp³-hybridized carbons (Fsp3) is 0.368. The molecule has 6 heteroatoms. The van der Waals surface area contributed by atoms with Gasteiger partial charge in [-0.3, -0.25) is 0 Å². The van der Waals surface area contributed by atoms with Crippen LogP contribution in [0.25, 0.3) is 0 Å². The molecule has 2 aromatic carbocycles. The van der Waals surface area contributed by atoms with E-state index >= 15 is 0 Å². The van der Waals surface area contributed by atoms with Crippen molar-refractivity contribution in [1.29, 1.82) is 0 Å². The van der Waals surface area contributed by atoms with E-state index in [1.165, 1.54) is 5.56 Å². The number of para-hydroxylation sites is 1. The van der Waals surface area contributed by atoms with Crippen LogP contribution in [-0.4, -0.2) is 35.0 Å². The van der Waals surface area contributed by atoms with Crippen LogP contribution in [0.4, 0.5) is 0 Å². The van der Waals surface area contributed by atoms with E-state index in [0.29, 0.717) is 18.0 Å². The lowest BCUT2D eigenvalue weighted by Crippen LogP contribution is -3.00. The number of rotatable bonds is 9. The first-order valence-electron chi connectivity index (χ1n) is 7.85. The zero-order valence-corrected chi connectivity index (χ0v) is 15.9. The lowest BCUT2D eigenvalue weighted by Gasteiger charge is -2.15. The molecule has 0 spiro atoms. The highest BCUT2D eigenvalue weighted by Crippen LogP contribution is 2.34. The molecule has 2 aromatic rings. The van der Waals surface area contributed by atoms with Crippen LogP contribution in [0.15, 0.2) is 36.4 Å². The third-order valence-corrected chi connectivity index (χ3v) is 3.87. The Morgan fingerprint density at radius 1 is 0.720 bits per heavy atom. The second-order valence-corrected chi connectivity index (χ2v) is 5.26. The summed E-state index contributed by atoms with van der Waals surface area (Å²) in [6.45, 7) is 1.51. The Morgan fingerprint density at radius 2 is 1.32 bits per heavy atom. The van der Waals surface area contributed by atoms with E-state index in [0.717, 1.165) is 30.0 Å². The predicted molar refractivity (Wildman–Crippen MR) is 94.5 cm³/mol. The number of hydrogen-bond donors (Lipinski definition) is 1. The first-order chi connectivity index (χ1) is 11.7. The molecule has 0 unspecified atom stereocenters. The molecular weight excluding hydrogens is 342 g/mol. The molecule has 0 bridgehead atoms. The first kappa shape index (κ1) is 20.9. The molecule has 0 saturated heterocycles. The summed E-state index contributed by atoms with van der Waals surface area (Å²) in [5.74, 6) is 3.05. The number of ether oxygens (including phenoxy) is 4. The maximum Gasteiger partial charge on any atom is 0.164 e. The molecule has 25 heavy (non-hydrogen) atoms. The molecule has 0 amide bonds. The molecule has 0 aromatic heterocycles. The summed E-state index contributed by atoms with van der Waals surface area (Å²) in [5, 5.41) is 3.43. The molecule has 5 nitrogen and oxygen atoms in total. The number of nitrogens with one attached hydrogen (secondary N) is 1. The van der Waals surface area contributed by atoms with Crippen LogP contribution in [0.5, 0.6) is 23.0 Å². The van der Waals surface area contributed by atoms with Crippen molar-refractivity contribution in [1.82, 2.24) is 5.32 Å². The molecule has 2 rings (SSSR count). The van der Waals surface area contributed by atoms with Crippen LogP contribution in [0.2, 0.25) is 0 Å². The highest BCUT2D eigenvalue weighted by Gasteiger charge is 2.11. The highest BCUT2D eigenvalue weighted by atomic mass is 35.5. The summed E-state index contributed by atoms with van der Waals surface area (Å²) < 4.78 is 21.5. The molecule has 0 atom stereocenters. The Morgan fingerprint density at radius 3 is 1.96 bits per heavy atom. The summed E-state index contributed by atoms with van der Waals surface area (Å²) in [7, 11) is 6.59. The van der Waals surface area contributed by atoms with Gasteiger partial charge in [-0.25, -0.2) is 0 Å². The second kappa shape index (κ2) is 10.7. The number of halogens is 1. The van der Waals surface area contributed by atoms with Gasteiger partial charge in [0, 0.05) is 18.2 Å². The number of methoxy groups -OCH3 is 4. The van der Waals surface area contributed by atoms with Crippen molar-refractivity contribution in [3.8, 4) is 23.0 Å². The van der Waals surface area contributed by atoms with Crippen LogP contribution in [-0.2, 0) is 13.0 Å². The van der Waals surface area contributed by atoms with Crippen molar-refractivity contribution in [3.63, 3.8) is 0 Å². The molecule has 0 radical (unpaired) electrons. The van der Waals surface area contributed by atoms with Crippen LogP contribution in [0, 0.1) is 0 Å². The number of hydrogen-bond acceptors (Lipinski definition) is 5. The van der Waals surface area contributed by atoms with Gasteiger partial charge in [-0.1, -0.05) is 18.2 Å². The molecule has 138 valence electrons. The average Bonchev–Trinajstić information content (AvgIpc) is 2.64.